The fourth-order valence-electron chi connectivity index (χ4n) is 1.45. The zero-order valence-corrected chi connectivity index (χ0v) is 11.1. The molecule has 0 atom stereocenters. The van der Waals surface area contributed by atoms with Crippen LogP contribution in [0.3, 0.4) is 0 Å². The maximum absolute atomic E-state index is 11.5. The van der Waals surface area contributed by atoms with Crippen molar-refractivity contribution >= 4 is 9.84 Å². The van der Waals surface area contributed by atoms with Crippen LogP contribution in [-0.2, 0) is 9.84 Å². The molecule has 7 heteroatoms. The lowest BCUT2D eigenvalue weighted by atomic mass is 10.1. The van der Waals surface area contributed by atoms with Gasteiger partial charge in [0, 0.05) is 18.1 Å². The predicted octanol–water partition coefficient (Wildman–Crippen LogP) is 0.954. The van der Waals surface area contributed by atoms with Crippen molar-refractivity contribution in [1.82, 2.24) is 19.9 Å². The Kier molecular flexibility index (Phi) is 3.08. The van der Waals surface area contributed by atoms with E-state index in [1.165, 1.54) is 6.33 Å². The van der Waals surface area contributed by atoms with Crippen LogP contribution in [0, 0.1) is 13.8 Å². The largest absolute Gasteiger partial charge is 0.247 e. The minimum Gasteiger partial charge on any atom is -0.245 e. The summed E-state index contributed by atoms with van der Waals surface area (Å²) in [4.78, 5) is 16.0. The highest BCUT2D eigenvalue weighted by atomic mass is 32.2. The fraction of sp³-hybridized carbons (Fsp3) is 0.273. The highest BCUT2D eigenvalue weighted by Crippen LogP contribution is 2.21. The molecular formula is C11H12N4O2S. The SMILES string of the molecule is Cc1nc(S(C)(=O)=O)nc(-c2ccncn2)c1C. The van der Waals surface area contributed by atoms with Gasteiger partial charge in [-0.05, 0) is 25.5 Å². The van der Waals surface area contributed by atoms with Crippen molar-refractivity contribution < 1.29 is 8.42 Å². The quantitative estimate of drug-likeness (QED) is 0.751. The summed E-state index contributed by atoms with van der Waals surface area (Å²) in [5, 5.41) is -0.181. The first kappa shape index (κ1) is 12.6. The van der Waals surface area contributed by atoms with Gasteiger partial charge in [0.2, 0.25) is 15.0 Å². The van der Waals surface area contributed by atoms with Gasteiger partial charge in [-0.25, -0.2) is 28.4 Å². The molecule has 94 valence electrons. The predicted molar refractivity (Wildman–Crippen MR) is 65.6 cm³/mol. The van der Waals surface area contributed by atoms with Gasteiger partial charge < -0.3 is 0 Å². The van der Waals surface area contributed by atoms with Crippen molar-refractivity contribution in [3.63, 3.8) is 0 Å². The average Bonchev–Trinajstić information content (AvgIpc) is 2.32. The van der Waals surface area contributed by atoms with E-state index in [4.69, 9.17) is 0 Å². The van der Waals surface area contributed by atoms with Crippen LogP contribution in [0.4, 0.5) is 0 Å². The van der Waals surface area contributed by atoms with E-state index >= 15 is 0 Å². The number of aromatic nitrogens is 4. The normalized spacial score (nSPS) is 11.5. The van der Waals surface area contributed by atoms with E-state index in [9.17, 15) is 8.42 Å². The lowest BCUT2D eigenvalue weighted by Crippen LogP contribution is -2.08. The zero-order chi connectivity index (χ0) is 13.3. The number of sulfone groups is 1. The monoisotopic (exact) mass is 264 g/mol. The highest BCUT2D eigenvalue weighted by molar-refractivity contribution is 7.90. The van der Waals surface area contributed by atoms with Crippen molar-refractivity contribution in [3.05, 3.63) is 29.8 Å². The number of aryl methyl sites for hydroxylation is 1. The minimum absolute atomic E-state index is 0.181. The Labute approximate surface area is 105 Å². The molecule has 0 aliphatic carbocycles. The van der Waals surface area contributed by atoms with Gasteiger partial charge in [0.15, 0.2) is 0 Å². The first-order valence-electron chi connectivity index (χ1n) is 5.21. The maximum Gasteiger partial charge on any atom is 0.247 e. The van der Waals surface area contributed by atoms with Gasteiger partial charge in [0.05, 0.1) is 11.4 Å². The van der Waals surface area contributed by atoms with Gasteiger partial charge >= 0.3 is 0 Å². The summed E-state index contributed by atoms with van der Waals surface area (Å²) in [5.41, 5.74) is 2.53. The molecule has 2 aromatic heterocycles. The highest BCUT2D eigenvalue weighted by Gasteiger charge is 2.17. The molecule has 2 rings (SSSR count). The minimum atomic E-state index is -3.44. The number of nitrogens with zero attached hydrogens (tertiary/aromatic N) is 4. The second-order valence-electron chi connectivity index (χ2n) is 3.93. The van der Waals surface area contributed by atoms with Gasteiger partial charge in [-0.3, -0.25) is 0 Å². The fourth-order valence-corrected chi connectivity index (χ4v) is 2.01. The first-order chi connectivity index (χ1) is 8.39. The summed E-state index contributed by atoms with van der Waals surface area (Å²) in [6.45, 7) is 3.58. The second kappa shape index (κ2) is 4.41. The third-order valence-electron chi connectivity index (χ3n) is 2.52. The Bertz CT molecular complexity index is 684. The van der Waals surface area contributed by atoms with E-state index in [1.807, 2.05) is 6.92 Å². The Morgan fingerprint density at radius 2 is 1.89 bits per heavy atom. The Morgan fingerprint density at radius 1 is 1.17 bits per heavy atom. The topological polar surface area (TPSA) is 85.7 Å². The Hall–Kier alpha value is -1.89. The molecule has 0 saturated carbocycles. The number of rotatable bonds is 2. The van der Waals surface area contributed by atoms with E-state index in [2.05, 4.69) is 19.9 Å². The van der Waals surface area contributed by atoms with Crippen LogP contribution in [0.25, 0.3) is 11.4 Å². The van der Waals surface area contributed by atoms with E-state index in [0.29, 0.717) is 17.1 Å². The third-order valence-corrected chi connectivity index (χ3v) is 3.37. The standard InChI is InChI=1S/C11H12N4O2S/c1-7-8(2)14-11(18(3,16)17)15-10(7)9-4-5-12-6-13-9/h4-6H,1-3H3. The molecule has 0 N–H and O–H groups in total. The molecule has 0 aliphatic heterocycles. The molecule has 0 amide bonds. The molecule has 0 bridgehead atoms. The number of hydrogen-bond acceptors (Lipinski definition) is 6. The molecule has 0 aromatic carbocycles. The number of hydrogen-bond donors (Lipinski definition) is 0. The summed E-state index contributed by atoms with van der Waals surface area (Å²) < 4.78 is 23.0. The lowest BCUT2D eigenvalue weighted by molar-refractivity contribution is 0.592. The summed E-state index contributed by atoms with van der Waals surface area (Å²) >= 11 is 0. The van der Waals surface area contributed by atoms with E-state index < -0.39 is 9.84 Å². The van der Waals surface area contributed by atoms with Crippen LogP contribution < -0.4 is 0 Å². The molecular weight excluding hydrogens is 252 g/mol. The van der Waals surface area contributed by atoms with Crippen LogP contribution in [0.1, 0.15) is 11.3 Å². The van der Waals surface area contributed by atoms with E-state index in [1.54, 1.807) is 19.2 Å². The van der Waals surface area contributed by atoms with Gasteiger partial charge in [0.1, 0.15) is 6.33 Å². The molecule has 0 spiro atoms. The molecule has 0 radical (unpaired) electrons. The summed E-state index contributed by atoms with van der Waals surface area (Å²) in [5.74, 6) is 0. The molecule has 0 aliphatic rings. The van der Waals surface area contributed by atoms with Crippen molar-refractivity contribution in [2.45, 2.75) is 19.0 Å². The van der Waals surface area contributed by atoms with E-state index in [0.717, 1.165) is 11.8 Å². The third kappa shape index (κ3) is 2.35. The van der Waals surface area contributed by atoms with Gasteiger partial charge in [-0.1, -0.05) is 0 Å². The van der Waals surface area contributed by atoms with Crippen LogP contribution in [0.15, 0.2) is 23.7 Å². The summed E-state index contributed by atoms with van der Waals surface area (Å²) in [6, 6.07) is 1.68. The van der Waals surface area contributed by atoms with Crippen LogP contribution in [-0.4, -0.2) is 34.6 Å². The zero-order valence-electron chi connectivity index (χ0n) is 10.2. The molecule has 18 heavy (non-hydrogen) atoms. The van der Waals surface area contributed by atoms with Crippen molar-refractivity contribution in [3.8, 4) is 11.4 Å². The Balaban J connectivity index is 2.72. The van der Waals surface area contributed by atoms with E-state index in [-0.39, 0.29) is 5.16 Å². The van der Waals surface area contributed by atoms with Crippen molar-refractivity contribution in [2.75, 3.05) is 6.26 Å². The van der Waals surface area contributed by atoms with Crippen LogP contribution in [0.2, 0.25) is 0 Å². The summed E-state index contributed by atoms with van der Waals surface area (Å²) in [6.07, 6.45) is 4.06. The van der Waals surface area contributed by atoms with Crippen molar-refractivity contribution in [1.29, 1.82) is 0 Å². The molecule has 0 unspecified atom stereocenters. The molecule has 0 saturated heterocycles. The lowest BCUT2D eigenvalue weighted by Gasteiger charge is -2.08. The average molecular weight is 264 g/mol. The molecule has 0 fully saturated rings. The maximum atomic E-state index is 11.5. The molecule has 2 heterocycles. The van der Waals surface area contributed by atoms with Gasteiger partial charge in [-0.2, -0.15) is 0 Å². The second-order valence-corrected chi connectivity index (χ2v) is 5.84. The Morgan fingerprint density at radius 3 is 2.44 bits per heavy atom. The first-order valence-corrected chi connectivity index (χ1v) is 7.10. The summed E-state index contributed by atoms with van der Waals surface area (Å²) in [7, 11) is -3.44. The molecule has 2 aromatic rings. The van der Waals surface area contributed by atoms with Crippen molar-refractivity contribution in [2.24, 2.45) is 0 Å². The smallest absolute Gasteiger partial charge is 0.245 e. The van der Waals surface area contributed by atoms with Crippen LogP contribution >= 0.6 is 0 Å². The van der Waals surface area contributed by atoms with Gasteiger partial charge in [-0.15, -0.1) is 0 Å². The van der Waals surface area contributed by atoms with Gasteiger partial charge in [0.25, 0.3) is 0 Å². The van der Waals surface area contributed by atoms with Crippen LogP contribution in [0.5, 0.6) is 0 Å². The molecule has 6 nitrogen and oxygen atoms in total.